The third kappa shape index (κ3) is 6.40. The number of nitrogens with one attached hydrogen (secondary N) is 2. The van der Waals surface area contributed by atoms with Crippen LogP contribution in [0.5, 0.6) is 0 Å². The number of piperidine rings is 1. The summed E-state index contributed by atoms with van der Waals surface area (Å²) in [6, 6.07) is -0.556. The first kappa shape index (κ1) is 20.4. The van der Waals surface area contributed by atoms with Crippen LogP contribution in [0.25, 0.3) is 0 Å². The zero-order valence-corrected chi connectivity index (χ0v) is 16.1. The van der Waals surface area contributed by atoms with Gasteiger partial charge in [0, 0.05) is 26.2 Å². The Hall–Kier alpha value is -0.900. The topological polar surface area (TPSA) is 97.0 Å². The molecule has 25 heavy (non-hydrogen) atoms. The minimum absolute atomic E-state index is 0.0720. The van der Waals surface area contributed by atoms with Crippen molar-refractivity contribution in [3.05, 3.63) is 0 Å². The Labute approximate surface area is 150 Å². The van der Waals surface area contributed by atoms with Crippen LogP contribution < -0.4 is 10.0 Å². The van der Waals surface area contributed by atoms with Gasteiger partial charge in [0.25, 0.3) is 0 Å². The number of amides is 2. The summed E-state index contributed by atoms with van der Waals surface area (Å²) in [6.45, 7) is 3.64. The summed E-state index contributed by atoms with van der Waals surface area (Å²) in [5.41, 5.74) is -0.352. The molecule has 2 aliphatic rings. The highest BCUT2D eigenvalue weighted by Gasteiger charge is 2.36. The van der Waals surface area contributed by atoms with Crippen molar-refractivity contribution in [2.24, 2.45) is 0 Å². The molecule has 2 fully saturated rings. The molecule has 2 amide bonds. The van der Waals surface area contributed by atoms with Crippen molar-refractivity contribution in [1.82, 2.24) is 14.3 Å². The molecular weight excluding hydrogens is 346 g/mol. The van der Waals surface area contributed by atoms with Gasteiger partial charge >= 0.3 is 16.2 Å². The SMILES string of the molecule is COCCOC1(C)CCN(S(=O)(=O)NC(=O)NC2CCCCC2)CC1. The van der Waals surface area contributed by atoms with Gasteiger partial charge in [0.05, 0.1) is 18.8 Å². The first-order valence-corrected chi connectivity index (χ1v) is 10.5. The normalized spacial score (nSPS) is 22.5. The lowest BCUT2D eigenvalue weighted by molar-refractivity contribution is -0.0757. The molecular formula is C16H31N3O5S. The van der Waals surface area contributed by atoms with Gasteiger partial charge in [-0.3, -0.25) is 0 Å². The maximum atomic E-state index is 12.4. The van der Waals surface area contributed by atoms with Gasteiger partial charge < -0.3 is 14.8 Å². The quantitative estimate of drug-likeness (QED) is 0.654. The molecule has 8 nitrogen and oxygen atoms in total. The molecule has 2 N–H and O–H groups in total. The molecule has 0 aromatic carbocycles. The highest BCUT2D eigenvalue weighted by atomic mass is 32.2. The van der Waals surface area contributed by atoms with E-state index in [0.29, 0.717) is 39.1 Å². The van der Waals surface area contributed by atoms with Gasteiger partial charge in [-0.05, 0) is 32.6 Å². The van der Waals surface area contributed by atoms with E-state index in [4.69, 9.17) is 9.47 Å². The number of urea groups is 1. The van der Waals surface area contributed by atoms with Crippen molar-refractivity contribution in [2.75, 3.05) is 33.4 Å². The lowest BCUT2D eigenvalue weighted by Crippen LogP contribution is -2.54. The summed E-state index contributed by atoms with van der Waals surface area (Å²) < 4.78 is 39.0. The van der Waals surface area contributed by atoms with Crippen LogP contribution in [0.4, 0.5) is 4.79 Å². The molecule has 0 atom stereocenters. The Morgan fingerprint density at radius 3 is 2.40 bits per heavy atom. The van der Waals surface area contributed by atoms with E-state index >= 15 is 0 Å². The number of ether oxygens (including phenoxy) is 2. The van der Waals surface area contributed by atoms with Crippen LogP contribution in [0.15, 0.2) is 0 Å². The third-order valence-corrected chi connectivity index (χ3v) is 6.51. The van der Waals surface area contributed by atoms with E-state index in [-0.39, 0.29) is 11.6 Å². The first-order chi connectivity index (χ1) is 11.8. The number of carbonyl (C=O) groups excluding carboxylic acids is 1. The summed E-state index contributed by atoms with van der Waals surface area (Å²) in [5.74, 6) is 0. The Morgan fingerprint density at radius 1 is 1.16 bits per heavy atom. The van der Waals surface area contributed by atoms with E-state index in [1.165, 1.54) is 10.7 Å². The predicted octanol–water partition coefficient (Wildman–Crippen LogP) is 1.38. The van der Waals surface area contributed by atoms with Gasteiger partial charge in [0.1, 0.15) is 0 Å². The van der Waals surface area contributed by atoms with Gasteiger partial charge in [0.15, 0.2) is 0 Å². The number of hydrogen-bond donors (Lipinski definition) is 2. The summed E-state index contributed by atoms with van der Waals surface area (Å²) >= 11 is 0. The van der Waals surface area contributed by atoms with E-state index in [1.54, 1.807) is 7.11 Å². The van der Waals surface area contributed by atoms with Gasteiger partial charge in [-0.25, -0.2) is 9.52 Å². The first-order valence-electron chi connectivity index (χ1n) is 9.06. The van der Waals surface area contributed by atoms with Crippen LogP contribution >= 0.6 is 0 Å². The van der Waals surface area contributed by atoms with Crippen molar-refractivity contribution in [3.63, 3.8) is 0 Å². The van der Waals surface area contributed by atoms with Crippen LogP contribution in [0, 0.1) is 0 Å². The second-order valence-corrected chi connectivity index (χ2v) is 8.78. The van der Waals surface area contributed by atoms with Crippen molar-refractivity contribution >= 4 is 16.2 Å². The largest absolute Gasteiger partial charge is 0.382 e. The van der Waals surface area contributed by atoms with Crippen LogP contribution in [-0.2, 0) is 19.7 Å². The highest BCUT2D eigenvalue weighted by Crippen LogP contribution is 2.26. The minimum atomic E-state index is -3.82. The zero-order valence-electron chi connectivity index (χ0n) is 15.3. The Bertz CT molecular complexity index is 526. The Morgan fingerprint density at radius 2 is 1.80 bits per heavy atom. The average Bonchev–Trinajstić information content (AvgIpc) is 2.55. The Kier molecular flexibility index (Phi) is 7.48. The second-order valence-electron chi connectivity index (χ2n) is 7.11. The van der Waals surface area contributed by atoms with E-state index < -0.39 is 16.2 Å². The van der Waals surface area contributed by atoms with Gasteiger partial charge in [-0.2, -0.15) is 12.7 Å². The molecule has 0 aromatic heterocycles. The fourth-order valence-corrected chi connectivity index (χ4v) is 4.44. The molecule has 9 heteroatoms. The summed E-state index contributed by atoms with van der Waals surface area (Å²) in [5, 5.41) is 2.77. The van der Waals surface area contributed by atoms with E-state index in [0.717, 1.165) is 25.7 Å². The molecule has 1 heterocycles. The van der Waals surface area contributed by atoms with Gasteiger partial charge in [-0.15, -0.1) is 0 Å². The minimum Gasteiger partial charge on any atom is -0.382 e. The molecule has 2 rings (SSSR count). The summed E-state index contributed by atoms with van der Waals surface area (Å²) in [6.07, 6.45) is 6.32. The zero-order chi connectivity index (χ0) is 18.3. The van der Waals surface area contributed by atoms with Gasteiger partial charge in [0.2, 0.25) is 0 Å². The Balaban J connectivity index is 1.79. The monoisotopic (exact) mass is 377 g/mol. The molecule has 1 saturated heterocycles. The molecule has 1 aliphatic carbocycles. The number of methoxy groups -OCH3 is 1. The predicted molar refractivity (Wildman–Crippen MR) is 94.5 cm³/mol. The lowest BCUT2D eigenvalue weighted by atomic mass is 9.94. The third-order valence-electron chi connectivity index (χ3n) is 5.02. The molecule has 1 saturated carbocycles. The smallest absolute Gasteiger partial charge is 0.329 e. The van der Waals surface area contributed by atoms with E-state index in [2.05, 4.69) is 10.0 Å². The molecule has 0 unspecified atom stereocenters. The van der Waals surface area contributed by atoms with Crippen molar-refractivity contribution < 1.29 is 22.7 Å². The van der Waals surface area contributed by atoms with Crippen molar-refractivity contribution in [2.45, 2.75) is 63.5 Å². The number of nitrogens with zero attached hydrogens (tertiary/aromatic N) is 1. The molecule has 1 aliphatic heterocycles. The lowest BCUT2D eigenvalue weighted by Gasteiger charge is -2.38. The molecule has 146 valence electrons. The molecule has 0 radical (unpaired) electrons. The van der Waals surface area contributed by atoms with Crippen molar-refractivity contribution in [3.8, 4) is 0 Å². The van der Waals surface area contributed by atoms with E-state index in [1.807, 2.05) is 6.92 Å². The van der Waals surface area contributed by atoms with E-state index in [9.17, 15) is 13.2 Å². The highest BCUT2D eigenvalue weighted by molar-refractivity contribution is 7.87. The fourth-order valence-electron chi connectivity index (χ4n) is 3.36. The van der Waals surface area contributed by atoms with Crippen molar-refractivity contribution in [1.29, 1.82) is 0 Å². The molecule has 0 spiro atoms. The summed E-state index contributed by atoms with van der Waals surface area (Å²) in [4.78, 5) is 12.0. The van der Waals surface area contributed by atoms with Crippen LogP contribution in [-0.4, -0.2) is 63.8 Å². The number of hydrogen-bond acceptors (Lipinski definition) is 5. The van der Waals surface area contributed by atoms with Crippen LogP contribution in [0.2, 0.25) is 0 Å². The number of rotatable bonds is 7. The molecule has 0 aromatic rings. The standard InChI is InChI=1S/C16H31N3O5S/c1-16(24-13-12-23-2)8-10-19(11-9-16)25(21,22)18-15(20)17-14-6-4-3-5-7-14/h14H,3-13H2,1-2H3,(H2,17,18,20). The summed E-state index contributed by atoms with van der Waals surface area (Å²) in [7, 11) is -2.20. The van der Waals surface area contributed by atoms with Gasteiger partial charge in [-0.1, -0.05) is 19.3 Å². The second kappa shape index (κ2) is 9.16. The van der Waals surface area contributed by atoms with Crippen LogP contribution in [0.1, 0.15) is 51.9 Å². The average molecular weight is 378 g/mol. The van der Waals surface area contributed by atoms with Crippen LogP contribution in [0.3, 0.4) is 0 Å². The maximum absolute atomic E-state index is 12.4. The maximum Gasteiger partial charge on any atom is 0.329 e. The number of carbonyl (C=O) groups is 1. The molecule has 0 bridgehead atoms. The fraction of sp³-hybridized carbons (Fsp3) is 0.938.